The van der Waals surface area contributed by atoms with E-state index in [2.05, 4.69) is 10.6 Å². The Morgan fingerprint density at radius 1 is 1.11 bits per heavy atom. The molecule has 0 unspecified atom stereocenters. The minimum absolute atomic E-state index is 0.218. The van der Waals surface area contributed by atoms with Crippen molar-refractivity contribution in [3.63, 3.8) is 0 Å². The van der Waals surface area contributed by atoms with Gasteiger partial charge >= 0.3 is 12.0 Å². The van der Waals surface area contributed by atoms with Crippen LogP contribution in [0.15, 0.2) is 48.5 Å². The van der Waals surface area contributed by atoms with Crippen LogP contribution >= 0.6 is 11.6 Å². The van der Waals surface area contributed by atoms with Gasteiger partial charge < -0.3 is 21.1 Å². The van der Waals surface area contributed by atoms with Gasteiger partial charge in [0.25, 0.3) is 5.91 Å². The maximum absolute atomic E-state index is 12.1. The Bertz CT molecular complexity index is 841. The molecule has 0 saturated carbocycles. The number of amides is 3. The highest BCUT2D eigenvalue weighted by Crippen LogP contribution is 2.25. The number of halogens is 1. The predicted octanol–water partition coefficient (Wildman–Crippen LogP) is 2.93. The number of carbonyl (C=O) groups is 3. The van der Waals surface area contributed by atoms with Crippen molar-refractivity contribution in [1.29, 1.82) is 0 Å². The summed E-state index contributed by atoms with van der Waals surface area (Å²) < 4.78 is 5.00. The van der Waals surface area contributed by atoms with Crippen LogP contribution in [0.4, 0.5) is 10.5 Å². The van der Waals surface area contributed by atoms with E-state index in [4.69, 9.17) is 22.1 Å². The summed E-state index contributed by atoms with van der Waals surface area (Å²) in [4.78, 5) is 35.3. The first kappa shape index (κ1) is 20.3. The van der Waals surface area contributed by atoms with Gasteiger partial charge in [0.05, 0.1) is 12.5 Å². The number of urea groups is 1. The number of hydrogen-bond acceptors (Lipinski definition) is 4. The molecule has 2 aromatic carbocycles. The molecule has 0 aliphatic heterocycles. The molecule has 0 radical (unpaired) electrons. The van der Waals surface area contributed by atoms with Crippen molar-refractivity contribution in [1.82, 2.24) is 5.32 Å². The molecule has 27 heavy (non-hydrogen) atoms. The first-order chi connectivity index (χ1) is 12.9. The van der Waals surface area contributed by atoms with Gasteiger partial charge in [-0.15, -0.1) is 0 Å². The van der Waals surface area contributed by atoms with Crippen molar-refractivity contribution in [3.8, 4) is 0 Å². The summed E-state index contributed by atoms with van der Waals surface area (Å²) in [7, 11) is 0. The number of carbonyl (C=O) groups excluding carboxylic acids is 3. The zero-order valence-electron chi connectivity index (χ0n) is 14.7. The number of ether oxygens (including phenoxy) is 1. The number of rotatable bonds is 7. The van der Waals surface area contributed by atoms with Crippen LogP contribution in [-0.2, 0) is 14.3 Å². The first-order valence-corrected chi connectivity index (χ1v) is 8.56. The molecule has 2 aromatic rings. The molecule has 0 aromatic heterocycles. The van der Waals surface area contributed by atoms with Crippen LogP contribution in [0, 0.1) is 6.92 Å². The number of primary amides is 1. The minimum atomic E-state index is -0.801. The van der Waals surface area contributed by atoms with Crippen LogP contribution < -0.4 is 16.4 Å². The van der Waals surface area contributed by atoms with Gasteiger partial charge in [-0.25, -0.2) is 4.79 Å². The molecular weight excluding hydrogens is 370 g/mol. The zero-order chi connectivity index (χ0) is 19.8. The van der Waals surface area contributed by atoms with Gasteiger partial charge in [-0.05, 0) is 30.2 Å². The smallest absolute Gasteiger partial charge is 0.312 e. The molecule has 2 rings (SSSR count). The normalized spacial score (nSPS) is 11.3. The van der Waals surface area contributed by atoms with E-state index >= 15 is 0 Å². The summed E-state index contributed by atoms with van der Waals surface area (Å²) in [5.74, 6) is -1.14. The summed E-state index contributed by atoms with van der Waals surface area (Å²) in [5, 5.41) is 5.50. The highest BCUT2D eigenvalue weighted by atomic mass is 35.5. The number of benzene rings is 2. The van der Waals surface area contributed by atoms with Crippen molar-refractivity contribution >= 4 is 35.2 Å². The highest BCUT2D eigenvalue weighted by Gasteiger charge is 2.21. The van der Waals surface area contributed by atoms with Crippen molar-refractivity contribution in [2.24, 2.45) is 5.73 Å². The van der Waals surface area contributed by atoms with E-state index in [1.807, 2.05) is 19.1 Å². The molecule has 7 nitrogen and oxygen atoms in total. The summed E-state index contributed by atoms with van der Waals surface area (Å²) in [6.07, 6.45) is -0.218. The van der Waals surface area contributed by atoms with Crippen LogP contribution in [0.3, 0.4) is 0 Å². The summed E-state index contributed by atoms with van der Waals surface area (Å²) >= 11 is 6.11. The zero-order valence-corrected chi connectivity index (χ0v) is 15.5. The van der Waals surface area contributed by atoms with Gasteiger partial charge in [-0.2, -0.15) is 0 Å². The van der Waals surface area contributed by atoms with Crippen molar-refractivity contribution < 1.29 is 19.1 Å². The maximum Gasteiger partial charge on any atom is 0.312 e. The van der Waals surface area contributed by atoms with E-state index in [1.165, 1.54) is 0 Å². The van der Waals surface area contributed by atoms with E-state index < -0.39 is 30.6 Å². The van der Waals surface area contributed by atoms with E-state index in [0.717, 1.165) is 5.56 Å². The molecule has 0 fully saturated rings. The lowest BCUT2D eigenvalue weighted by atomic mass is 10.0. The Hall–Kier alpha value is -3.06. The number of nitrogens with one attached hydrogen (secondary N) is 2. The molecule has 142 valence electrons. The fourth-order valence-corrected chi connectivity index (χ4v) is 2.71. The second-order valence-corrected chi connectivity index (χ2v) is 6.22. The van der Waals surface area contributed by atoms with Crippen molar-refractivity contribution in [3.05, 3.63) is 64.7 Å². The highest BCUT2D eigenvalue weighted by molar-refractivity contribution is 6.31. The van der Waals surface area contributed by atoms with Crippen molar-refractivity contribution in [2.45, 2.75) is 19.4 Å². The monoisotopic (exact) mass is 389 g/mol. The third-order valence-corrected chi connectivity index (χ3v) is 4.10. The maximum atomic E-state index is 12.1. The van der Waals surface area contributed by atoms with Crippen LogP contribution in [0.25, 0.3) is 0 Å². The lowest BCUT2D eigenvalue weighted by molar-refractivity contribution is -0.147. The Kier molecular flexibility index (Phi) is 7.19. The van der Waals surface area contributed by atoms with Crippen LogP contribution in [0.2, 0.25) is 5.02 Å². The topological polar surface area (TPSA) is 111 Å². The second-order valence-electron chi connectivity index (χ2n) is 5.81. The third-order valence-electron chi connectivity index (χ3n) is 3.75. The number of nitrogens with two attached hydrogens (primary N) is 1. The number of hydrogen-bond donors (Lipinski definition) is 3. The van der Waals surface area contributed by atoms with Crippen LogP contribution in [0.1, 0.15) is 23.6 Å². The molecule has 0 saturated heterocycles. The Balaban J connectivity index is 1.93. The molecule has 1 atom stereocenters. The van der Waals surface area contributed by atoms with Crippen LogP contribution in [0.5, 0.6) is 0 Å². The lowest BCUT2D eigenvalue weighted by Crippen LogP contribution is -2.35. The summed E-state index contributed by atoms with van der Waals surface area (Å²) in [6, 6.07) is 12.4. The Morgan fingerprint density at radius 3 is 2.44 bits per heavy atom. The fraction of sp³-hybridized carbons (Fsp3) is 0.211. The number of para-hydroxylation sites is 1. The number of anilines is 1. The van der Waals surface area contributed by atoms with E-state index in [1.54, 1.807) is 36.4 Å². The van der Waals surface area contributed by atoms with E-state index in [9.17, 15) is 14.4 Å². The average molecular weight is 390 g/mol. The molecular formula is C19H20ClN3O4. The van der Waals surface area contributed by atoms with Gasteiger partial charge in [0.2, 0.25) is 0 Å². The molecule has 3 amide bonds. The van der Waals surface area contributed by atoms with Gasteiger partial charge in [0.1, 0.15) is 0 Å². The number of esters is 1. The fourth-order valence-electron chi connectivity index (χ4n) is 2.44. The second kappa shape index (κ2) is 9.59. The summed E-state index contributed by atoms with van der Waals surface area (Å²) in [6.45, 7) is 1.41. The average Bonchev–Trinajstić information content (AvgIpc) is 2.61. The standard InChI is InChI=1S/C19H20ClN3O4/c1-12-6-2-5-9-15(12)22-17(24)11-27-18(25)10-16(23-19(21)26)13-7-3-4-8-14(13)20/h2-9,16H,10-11H2,1H3,(H,22,24)(H3,21,23,26)/t16-/m0/s1. The number of aryl methyl sites for hydroxylation is 1. The molecule has 4 N–H and O–H groups in total. The van der Waals surface area contributed by atoms with Crippen LogP contribution in [-0.4, -0.2) is 24.5 Å². The molecule has 8 heteroatoms. The van der Waals surface area contributed by atoms with Gasteiger partial charge in [-0.3, -0.25) is 9.59 Å². The van der Waals surface area contributed by atoms with E-state index in [0.29, 0.717) is 16.3 Å². The Morgan fingerprint density at radius 2 is 1.78 bits per heavy atom. The van der Waals surface area contributed by atoms with E-state index in [-0.39, 0.29) is 6.42 Å². The quantitative estimate of drug-likeness (QED) is 0.632. The van der Waals surface area contributed by atoms with Gasteiger partial charge in [0, 0.05) is 10.7 Å². The summed E-state index contributed by atoms with van der Waals surface area (Å²) in [5.41, 5.74) is 7.23. The van der Waals surface area contributed by atoms with Crippen molar-refractivity contribution in [2.75, 3.05) is 11.9 Å². The molecule has 0 spiro atoms. The van der Waals surface area contributed by atoms with Gasteiger partial charge in [-0.1, -0.05) is 48.0 Å². The van der Waals surface area contributed by atoms with Gasteiger partial charge in [0.15, 0.2) is 6.61 Å². The SMILES string of the molecule is Cc1ccccc1NC(=O)COC(=O)C[C@H](NC(N)=O)c1ccccc1Cl. The third kappa shape index (κ3) is 6.31. The molecule has 0 aliphatic carbocycles. The minimum Gasteiger partial charge on any atom is -0.455 e. The largest absolute Gasteiger partial charge is 0.455 e. The predicted molar refractivity (Wildman–Crippen MR) is 102 cm³/mol. The molecule has 0 bridgehead atoms. The molecule has 0 heterocycles. The lowest BCUT2D eigenvalue weighted by Gasteiger charge is -2.18. The first-order valence-electron chi connectivity index (χ1n) is 8.18. The molecule has 0 aliphatic rings. The Labute approximate surface area is 161 Å².